The lowest BCUT2D eigenvalue weighted by Gasteiger charge is -2.17. The Kier molecular flexibility index (Phi) is 6.98. The van der Waals surface area contributed by atoms with Crippen molar-refractivity contribution in [1.82, 2.24) is 20.1 Å². The number of nitrogens with zero attached hydrogens (tertiary/aromatic N) is 3. The molecule has 7 nitrogen and oxygen atoms in total. The van der Waals surface area contributed by atoms with Gasteiger partial charge in [0.15, 0.2) is 11.5 Å². The third-order valence-electron chi connectivity index (χ3n) is 5.47. The van der Waals surface area contributed by atoms with Gasteiger partial charge < -0.3 is 10.6 Å². The lowest BCUT2D eigenvalue weighted by Crippen LogP contribution is -2.36. The molecule has 0 spiro atoms. The molecule has 1 aliphatic carbocycles. The van der Waals surface area contributed by atoms with Gasteiger partial charge in [0.25, 0.3) is 5.91 Å². The maximum absolute atomic E-state index is 14.7. The zero-order valence-electron chi connectivity index (χ0n) is 18.8. The van der Waals surface area contributed by atoms with Crippen LogP contribution in [0, 0.1) is 0 Å². The highest BCUT2D eigenvalue weighted by atomic mass is 35.5. The van der Waals surface area contributed by atoms with Gasteiger partial charge in [-0.1, -0.05) is 23.2 Å². The SMILES string of the molecule is CC(C)NC(=O)C1c2cc(NC(=O)c3cc(C(F)(F)F)nn3-c3ncccc3Cl)c(Cl)cc2CC1F. The maximum atomic E-state index is 14.7. The van der Waals surface area contributed by atoms with Gasteiger partial charge in [-0.3, -0.25) is 9.59 Å². The number of carbonyl (C=O) groups is 2. The molecular weight excluding hydrogens is 525 g/mol. The average molecular weight is 544 g/mol. The van der Waals surface area contributed by atoms with E-state index < -0.39 is 41.5 Å². The summed E-state index contributed by atoms with van der Waals surface area (Å²) in [5.41, 5.74) is -1.03. The number of rotatable bonds is 5. The first-order valence-electron chi connectivity index (χ1n) is 10.7. The molecule has 190 valence electrons. The molecule has 0 fully saturated rings. The molecule has 2 unspecified atom stereocenters. The number of alkyl halides is 4. The summed E-state index contributed by atoms with van der Waals surface area (Å²) in [6, 6.07) is 5.97. The fourth-order valence-electron chi connectivity index (χ4n) is 3.96. The Morgan fingerprint density at radius 3 is 2.53 bits per heavy atom. The van der Waals surface area contributed by atoms with Crippen LogP contribution in [0.4, 0.5) is 23.2 Å². The van der Waals surface area contributed by atoms with Crippen molar-refractivity contribution in [3.8, 4) is 5.82 Å². The summed E-state index contributed by atoms with van der Waals surface area (Å²) in [4.78, 5) is 29.6. The summed E-state index contributed by atoms with van der Waals surface area (Å²) in [5, 5.41) is 8.58. The number of fused-ring (bicyclic) bond motifs is 1. The summed E-state index contributed by atoms with van der Waals surface area (Å²) in [6.07, 6.45) is -5.10. The third-order valence-corrected chi connectivity index (χ3v) is 6.08. The van der Waals surface area contributed by atoms with Crippen molar-refractivity contribution in [2.75, 3.05) is 5.32 Å². The molecule has 36 heavy (non-hydrogen) atoms. The van der Waals surface area contributed by atoms with E-state index in [4.69, 9.17) is 23.2 Å². The van der Waals surface area contributed by atoms with Crippen molar-refractivity contribution in [2.24, 2.45) is 0 Å². The van der Waals surface area contributed by atoms with Gasteiger partial charge in [-0.05, 0) is 49.2 Å². The number of nitrogens with one attached hydrogen (secondary N) is 2. The molecule has 2 amide bonds. The van der Waals surface area contributed by atoms with E-state index in [0.29, 0.717) is 21.9 Å². The van der Waals surface area contributed by atoms with Crippen molar-refractivity contribution in [1.29, 1.82) is 0 Å². The normalized spacial score (nSPS) is 17.2. The van der Waals surface area contributed by atoms with Crippen molar-refractivity contribution in [3.05, 3.63) is 69.1 Å². The number of anilines is 1. The van der Waals surface area contributed by atoms with Crippen molar-refractivity contribution < 1.29 is 27.2 Å². The van der Waals surface area contributed by atoms with Crippen LogP contribution in [0.2, 0.25) is 10.0 Å². The Hall–Kier alpha value is -3.18. The van der Waals surface area contributed by atoms with Crippen LogP contribution in [0.15, 0.2) is 36.5 Å². The van der Waals surface area contributed by atoms with Gasteiger partial charge in [-0.15, -0.1) is 0 Å². The molecule has 2 atom stereocenters. The molecule has 1 aromatic carbocycles. The van der Waals surface area contributed by atoms with E-state index in [-0.39, 0.29) is 34.0 Å². The smallest absolute Gasteiger partial charge is 0.353 e. The molecular formula is C23H19Cl2F4N5O2. The van der Waals surface area contributed by atoms with Crippen LogP contribution in [-0.2, 0) is 17.4 Å². The van der Waals surface area contributed by atoms with Crippen LogP contribution in [-0.4, -0.2) is 38.8 Å². The van der Waals surface area contributed by atoms with Crippen LogP contribution in [0.25, 0.3) is 5.82 Å². The van der Waals surface area contributed by atoms with Gasteiger partial charge in [0.05, 0.1) is 21.7 Å². The van der Waals surface area contributed by atoms with Gasteiger partial charge in [-0.2, -0.15) is 18.3 Å². The van der Waals surface area contributed by atoms with E-state index in [1.165, 1.54) is 30.5 Å². The predicted octanol–water partition coefficient (Wildman–Crippen LogP) is 5.35. The molecule has 3 aromatic rings. The van der Waals surface area contributed by atoms with Crippen LogP contribution in [0.3, 0.4) is 0 Å². The minimum absolute atomic E-state index is 0.00899. The van der Waals surface area contributed by atoms with Gasteiger partial charge in [-0.25, -0.2) is 14.1 Å². The number of hydrogen-bond donors (Lipinski definition) is 2. The highest BCUT2D eigenvalue weighted by molar-refractivity contribution is 6.34. The summed E-state index contributed by atoms with van der Waals surface area (Å²) >= 11 is 12.4. The number of carbonyl (C=O) groups excluding carboxylic acids is 2. The second kappa shape index (κ2) is 9.70. The minimum Gasteiger partial charge on any atom is -0.353 e. The Bertz CT molecular complexity index is 1340. The van der Waals surface area contributed by atoms with Gasteiger partial charge in [0.1, 0.15) is 11.9 Å². The number of benzene rings is 1. The van der Waals surface area contributed by atoms with Crippen LogP contribution in [0.5, 0.6) is 0 Å². The molecule has 0 bridgehead atoms. The second-order valence-corrected chi connectivity index (χ2v) is 9.29. The monoisotopic (exact) mass is 543 g/mol. The molecule has 0 radical (unpaired) electrons. The molecule has 1 aliphatic rings. The Labute approximate surface area is 212 Å². The molecule has 4 rings (SSSR count). The van der Waals surface area contributed by atoms with Crippen LogP contribution in [0.1, 0.15) is 47.1 Å². The average Bonchev–Trinajstić information content (AvgIpc) is 3.35. The minimum atomic E-state index is -4.85. The number of aromatic nitrogens is 3. The van der Waals surface area contributed by atoms with Crippen molar-refractivity contribution in [3.63, 3.8) is 0 Å². The summed E-state index contributed by atoms with van der Waals surface area (Å²) in [5.74, 6) is -2.83. The highest BCUT2D eigenvalue weighted by Gasteiger charge is 2.39. The Balaban J connectivity index is 1.72. The molecule has 13 heteroatoms. The predicted molar refractivity (Wildman–Crippen MR) is 125 cm³/mol. The fourth-order valence-corrected chi connectivity index (χ4v) is 4.39. The van der Waals surface area contributed by atoms with E-state index >= 15 is 0 Å². The van der Waals surface area contributed by atoms with E-state index in [9.17, 15) is 27.2 Å². The molecule has 0 aliphatic heterocycles. The van der Waals surface area contributed by atoms with E-state index in [2.05, 4.69) is 20.7 Å². The molecule has 2 aromatic heterocycles. The molecule has 0 saturated heterocycles. The van der Waals surface area contributed by atoms with Crippen molar-refractivity contribution in [2.45, 2.75) is 44.6 Å². The van der Waals surface area contributed by atoms with E-state index in [1.54, 1.807) is 13.8 Å². The largest absolute Gasteiger partial charge is 0.435 e. The number of halogens is 6. The Morgan fingerprint density at radius 2 is 1.89 bits per heavy atom. The van der Waals surface area contributed by atoms with Gasteiger partial charge >= 0.3 is 6.18 Å². The molecule has 0 saturated carbocycles. The van der Waals surface area contributed by atoms with E-state index in [0.717, 1.165) is 0 Å². The van der Waals surface area contributed by atoms with Crippen LogP contribution >= 0.6 is 23.2 Å². The zero-order valence-corrected chi connectivity index (χ0v) is 20.3. The standard InChI is InChI=1S/C23H19Cl2F4N5O2/c1-10(2)31-22(36)19-12-8-16(14(25)6-11(12)7-15(19)26)32-21(35)17-9-18(23(27,28)29)33-34(17)20-13(24)4-3-5-30-20/h3-6,8-10,15,19H,7H2,1-2H3,(H,31,36)(H,32,35). The summed E-state index contributed by atoms with van der Waals surface area (Å²) in [6.45, 7) is 3.47. The quantitative estimate of drug-likeness (QED) is 0.424. The van der Waals surface area contributed by atoms with Gasteiger partial charge in [0.2, 0.25) is 5.91 Å². The molecule has 2 heterocycles. The zero-order chi connectivity index (χ0) is 26.4. The van der Waals surface area contributed by atoms with E-state index in [1.807, 2.05) is 0 Å². The summed E-state index contributed by atoms with van der Waals surface area (Å²) < 4.78 is 55.6. The number of hydrogen-bond acceptors (Lipinski definition) is 4. The Morgan fingerprint density at radius 1 is 1.17 bits per heavy atom. The fraction of sp³-hybridized carbons (Fsp3) is 0.304. The van der Waals surface area contributed by atoms with Gasteiger partial charge in [0, 0.05) is 24.7 Å². The first-order valence-corrected chi connectivity index (χ1v) is 11.5. The maximum Gasteiger partial charge on any atom is 0.435 e. The topological polar surface area (TPSA) is 88.9 Å². The van der Waals surface area contributed by atoms with Crippen molar-refractivity contribution >= 4 is 40.7 Å². The third kappa shape index (κ3) is 5.03. The highest BCUT2D eigenvalue weighted by Crippen LogP contribution is 2.40. The number of amides is 2. The van der Waals surface area contributed by atoms with Crippen LogP contribution < -0.4 is 10.6 Å². The number of pyridine rings is 1. The second-order valence-electron chi connectivity index (χ2n) is 8.48. The lowest BCUT2D eigenvalue weighted by molar-refractivity contribution is -0.141. The first-order chi connectivity index (χ1) is 16.9. The lowest BCUT2D eigenvalue weighted by atomic mass is 9.98. The first kappa shape index (κ1) is 25.9. The molecule has 2 N–H and O–H groups in total. The summed E-state index contributed by atoms with van der Waals surface area (Å²) in [7, 11) is 0.